The van der Waals surface area contributed by atoms with Gasteiger partial charge in [-0.2, -0.15) is 0 Å². The minimum Gasteiger partial charge on any atom is -0.394 e. The molecular formula is C29H40ClN. The van der Waals surface area contributed by atoms with Crippen LogP contribution in [-0.4, -0.2) is 7.05 Å². The van der Waals surface area contributed by atoms with Gasteiger partial charge in [-0.1, -0.05) is 79.6 Å². The van der Waals surface area contributed by atoms with Crippen LogP contribution in [0.25, 0.3) is 0 Å². The Hall–Kier alpha value is -2.25. The van der Waals surface area contributed by atoms with Crippen LogP contribution >= 0.6 is 11.6 Å². The van der Waals surface area contributed by atoms with E-state index in [4.69, 9.17) is 11.6 Å². The van der Waals surface area contributed by atoms with Gasteiger partial charge in [-0.05, 0) is 80.3 Å². The maximum Gasteiger partial charge on any atom is 0.0467 e. The maximum atomic E-state index is 5.99. The number of hydrogen-bond donors (Lipinski definition) is 1. The predicted octanol–water partition coefficient (Wildman–Crippen LogP) is 8.50. The van der Waals surface area contributed by atoms with Crippen molar-refractivity contribution in [3.05, 3.63) is 105 Å². The third kappa shape index (κ3) is 8.07. The van der Waals surface area contributed by atoms with Gasteiger partial charge < -0.3 is 5.32 Å². The van der Waals surface area contributed by atoms with Gasteiger partial charge in [0.2, 0.25) is 0 Å². The van der Waals surface area contributed by atoms with Crippen molar-refractivity contribution in [1.82, 2.24) is 5.32 Å². The van der Waals surface area contributed by atoms with E-state index >= 15 is 0 Å². The van der Waals surface area contributed by atoms with Gasteiger partial charge in [-0.15, -0.1) is 6.58 Å². The van der Waals surface area contributed by atoms with Crippen molar-refractivity contribution in [2.45, 2.75) is 66.7 Å². The van der Waals surface area contributed by atoms with Crippen LogP contribution in [0.15, 0.2) is 72.5 Å². The molecule has 1 atom stereocenters. The molecule has 0 spiro atoms. The zero-order chi connectivity index (χ0) is 23.6. The molecule has 0 radical (unpaired) electrons. The Balaban J connectivity index is 0.000000399. The first-order valence-corrected chi connectivity index (χ1v) is 11.5. The Kier molecular flexibility index (Phi) is 11.4. The Labute approximate surface area is 195 Å². The highest BCUT2D eigenvalue weighted by Crippen LogP contribution is 2.34. The van der Waals surface area contributed by atoms with Gasteiger partial charge in [0.1, 0.15) is 0 Å². The van der Waals surface area contributed by atoms with Crippen LogP contribution in [0.2, 0.25) is 5.02 Å². The lowest BCUT2D eigenvalue weighted by molar-refractivity contribution is 0.774. The summed E-state index contributed by atoms with van der Waals surface area (Å²) in [7, 11) is 1.94. The van der Waals surface area contributed by atoms with E-state index in [-0.39, 0.29) is 0 Å². The SMILES string of the molecule is C=C(C)CC(/C(=C/NC)C(=C)C)c1ccc(C)c(CC)c1.CCc1cccc(C)c1Cl. The fraction of sp³-hybridized carbons (Fsp3) is 0.379. The summed E-state index contributed by atoms with van der Waals surface area (Å²) in [6.07, 6.45) is 5.10. The van der Waals surface area contributed by atoms with E-state index in [1.54, 1.807) is 0 Å². The molecule has 2 aromatic carbocycles. The second-order valence-corrected chi connectivity index (χ2v) is 8.70. The van der Waals surface area contributed by atoms with Gasteiger partial charge in [-0.25, -0.2) is 0 Å². The van der Waals surface area contributed by atoms with E-state index in [1.165, 1.54) is 39.0 Å². The van der Waals surface area contributed by atoms with E-state index in [9.17, 15) is 0 Å². The Morgan fingerprint density at radius 3 is 2.13 bits per heavy atom. The molecule has 0 aliphatic heterocycles. The molecule has 0 bridgehead atoms. The van der Waals surface area contributed by atoms with Crippen molar-refractivity contribution < 1.29 is 0 Å². The molecule has 2 rings (SSSR count). The van der Waals surface area contributed by atoms with Crippen LogP contribution in [0.4, 0.5) is 0 Å². The molecule has 0 saturated carbocycles. The quantitative estimate of drug-likeness (QED) is 0.322. The lowest BCUT2D eigenvalue weighted by Crippen LogP contribution is -2.09. The van der Waals surface area contributed by atoms with Crippen molar-refractivity contribution in [2.24, 2.45) is 0 Å². The number of hydrogen-bond acceptors (Lipinski definition) is 1. The van der Waals surface area contributed by atoms with Crippen molar-refractivity contribution in [2.75, 3.05) is 7.05 Å². The summed E-state index contributed by atoms with van der Waals surface area (Å²) in [5, 5.41) is 4.08. The lowest BCUT2D eigenvalue weighted by Gasteiger charge is -2.23. The van der Waals surface area contributed by atoms with Gasteiger partial charge >= 0.3 is 0 Å². The smallest absolute Gasteiger partial charge is 0.0467 e. The maximum absolute atomic E-state index is 5.99. The van der Waals surface area contributed by atoms with Crippen molar-refractivity contribution in [3.63, 3.8) is 0 Å². The summed E-state index contributed by atoms with van der Waals surface area (Å²) in [5.41, 5.74) is 10.1. The molecule has 2 heteroatoms. The zero-order valence-electron chi connectivity index (χ0n) is 20.5. The fourth-order valence-electron chi connectivity index (χ4n) is 3.70. The third-order valence-corrected chi connectivity index (χ3v) is 6.07. The first-order chi connectivity index (χ1) is 14.7. The van der Waals surface area contributed by atoms with Crippen molar-refractivity contribution in [3.8, 4) is 0 Å². The Morgan fingerprint density at radius 2 is 1.65 bits per heavy atom. The van der Waals surface area contributed by atoms with Crippen molar-refractivity contribution >= 4 is 11.6 Å². The molecule has 1 nitrogen and oxygen atoms in total. The normalized spacial score (nSPS) is 11.9. The number of nitrogens with one attached hydrogen (secondary N) is 1. The van der Waals surface area contributed by atoms with E-state index in [1.807, 2.05) is 26.1 Å². The zero-order valence-corrected chi connectivity index (χ0v) is 21.3. The van der Waals surface area contributed by atoms with Gasteiger partial charge in [-0.3, -0.25) is 0 Å². The lowest BCUT2D eigenvalue weighted by atomic mass is 9.82. The molecule has 0 amide bonds. The monoisotopic (exact) mass is 437 g/mol. The number of benzene rings is 2. The van der Waals surface area contributed by atoms with Crippen LogP contribution in [0.3, 0.4) is 0 Å². The van der Waals surface area contributed by atoms with E-state index < -0.39 is 0 Å². The molecule has 0 aliphatic rings. The second-order valence-electron chi connectivity index (χ2n) is 8.32. The van der Waals surface area contributed by atoms with Crippen LogP contribution in [0.1, 0.15) is 67.9 Å². The first kappa shape index (κ1) is 26.8. The van der Waals surface area contributed by atoms with Gasteiger partial charge in [0.05, 0.1) is 0 Å². The molecule has 0 fully saturated rings. The predicted molar refractivity (Wildman–Crippen MR) is 140 cm³/mol. The van der Waals surface area contributed by atoms with E-state index in [0.717, 1.165) is 29.9 Å². The molecule has 0 aliphatic carbocycles. The molecule has 168 valence electrons. The molecule has 0 aromatic heterocycles. The van der Waals surface area contributed by atoms with Crippen LogP contribution in [0.5, 0.6) is 0 Å². The van der Waals surface area contributed by atoms with Crippen molar-refractivity contribution in [1.29, 1.82) is 0 Å². The molecule has 0 heterocycles. The number of allylic oxidation sites excluding steroid dienone is 3. The summed E-state index contributed by atoms with van der Waals surface area (Å²) in [4.78, 5) is 0. The van der Waals surface area contributed by atoms with Crippen LogP contribution in [-0.2, 0) is 12.8 Å². The Bertz CT molecular complexity index is 920. The average molecular weight is 438 g/mol. The third-order valence-electron chi connectivity index (χ3n) is 5.53. The highest BCUT2D eigenvalue weighted by molar-refractivity contribution is 6.32. The van der Waals surface area contributed by atoms with Gasteiger partial charge in [0.25, 0.3) is 0 Å². The van der Waals surface area contributed by atoms with E-state index in [0.29, 0.717) is 5.92 Å². The van der Waals surface area contributed by atoms with Gasteiger partial charge in [0, 0.05) is 24.2 Å². The summed E-state index contributed by atoms with van der Waals surface area (Å²) in [6.45, 7) is 21.0. The van der Waals surface area contributed by atoms with E-state index in [2.05, 4.69) is 83.6 Å². The molecular weight excluding hydrogens is 398 g/mol. The molecule has 0 saturated heterocycles. The number of aryl methyl sites for hydroxylation is 4. The molecule has 1 unspecified atom stereocenters. The highest BCUT2D eigenvalue weighted by Gasteiger charge is 2.18. The summed E-state index contributed by atoms with van der Waals surface area (Å²) >= 11 is 5.99. The molecule has 2 aromatic rings. The first-order valence-electron chi connectivity index (χ1n) is 11.2. The number of rotatable bonds is 8. The number of halogens is 1. The molecule has 1 N–H and O–H groups in total. The molecule has 31 heavy (non-hydrogen) atoms. The second kappa shape index (κ2) is 13.2. The Morgan fingerprint density at radius 1 is 1.00 bits per heavy atom. The summed E-state index contributed by atoms with van der Waals surface area (Å²) < 4.78 is 0. The minimum atomic E-state index is 0.318. The standard InChI is InChI=1S/C20H29N.C9H11Cl/c1-8-17-12-18(10-9-16(17)6)19(11-14(2)3)20(13-21-7)15(4)5;1-3-8-6-4-5-7(2)9(8)10/h9-10,12-13,19,21H,2,4,8,11H2,1,3,5-7H3;4-6H,3H2,1-2H3/b20-13+;. The van der Waals surface area contributed by atoms with Gasteiger partial charge in [0.15, 0.2) is 0 Å². The summed E-state index contributed by atoms with van der Waals surface area (Å²) in [6, 6.07) is 13.0. The largest absolute Gasteiger partial charge is 0.394 e. The average Bonchev–Trinajstić information content (AvgIpc) is 2.73. The van der Waals surface area contributed by atoms with Crippen LogP contribution in [0, 0.1) is 13.8 Å². The fourth-order valence-corrected chi connectivity index (χ4v) is 3.96. The van der Waals surface area contributed by atoms with Crippen LogP contribution < -0.4 is 5.32 Å². The minimum absolute atomic E-state index is 0.318. The topological polar surface area (TPSA) is 12.0 Å². The summed E-state index contributed by atoms with van der Waals surface area (Å²) in [5.74, 6) is 0.318. The highest BCUT2D eigenvalue weighted by atomic mass is 35.5.